The number of hydrogen-bond donors (Lipinski definition) is 0. The van der Waals surface area contributed by atoms with Crippen LogP contribution >= 0.6 is 11.6 Å². The van der Waals surface area contributed by atoms with Gasteiger partial charge in [0.05, 0.1) is 0 Å². The van der Waals surface area contributed by atoms with E-state index < -0.39 is 0 Å². The quantitative estimate of drug-likeness (QED) is 0.652. The first-order valence-corrected chi connectivity index (χ1v) is 6.22. The number of aryl methyl sites for hydroxylation is 2. The van der Waals surface area contributed by atoms with Crippen molar-refractivity contribution in [1.29, 1.82) is 0 Å². The molecule has 0 radical (unpaired) electrons. The molecule has 0 aliphatic carbocycles. The Morgan fingerprint density at radius 2 is 1.87 bits per heavy atom. The van der Waals surface area contributed by atoms with Crippen LogP contribution in [0.25, 0.3) is 0 Å². The fourth-order valence-electron chi connectivity index (χ4n) is 2.12. The average Bonchev–Trinajstić information content (AvgIpc) is 2.18. The molecule has 84 valence electrons. The molecule has 1 unspecified atom stereocenters. The molecule has 0 aliphatic rings. The van der Waals surface area contributed by atoms with Gasteiger partial charge in [0.1, 0.15) is 0 Å². The third-order valence-corrected chi connectivity index (χ3v) is 3.28. The minimum absolute atomic E-state index is 0.599. The van der Waals surface area contributed by atoms with Gasteiger partial charge in [-0.05, 0) is 43.2 Å². The van der Waals surface area contributed by atoms with Crippen LogP contribution < -0.4 is 0 Å². The second-order valence-electron chi connectivity index (χ2n) is 4.69. The summed E-state index contributed by atoms with van der Waals surface area (Å²) in [7, 11) is 0. The van der Waals surface area contributed by atoms with Crippen LogP contribution in [0.3, 0.4) is 0 Å². The van der Waals surface area contributed by atoms with Crippen LogP contribution in [0.2, 0.25) is 0 Å². The lowest BCUT2D eigenvalue weighted by molar-refractivity contribution is 0.485. The van der Waals surface area contributed by atoms with Crippen molar-refractivity contribution in [2.45, 2.75) is 40.0 Å². The first-order valence-electron chi connectivity index (χ1n) is 5.69. The second kappa shape index (κ2) is 5.55. The maximum atomic E-state index is 5.88. The molecule has 0 amide bonds. The maximum Gasteiger partial charge on any atom is 0.0229 e. The van der Waals surface area contributed by atoms with E-state index in [1.807, 2.05) is 0 Å². The summed E-state index contributed by atoms with van der Waals surface area (Å²) < 4.78 is 0. The normalized spacial score (nSPS) is 13.2. The van der Waals surface area contributed by atoms with Gasteiger partial charge >= 0.3 is 0 Å². The van der Waals surface area contributed by atoms with Crippen LogP contribution in [-0.4, -0.2) is 5.88 Å². The summed E-state index contributed by atoms with van der Waals surface area (Å²) in [6.07, 6.45) is 1.07. The molecule has 0 saturated heterocycles. The molecule has 0 aliphatic heterocycles. The highest BCUT2D eigenvalue weighted by Crippen LogP contribution is 2.31. The van der Waals surface area contributed by atoms with E-state index in [-0.39, 0.29) is 0 Å². The summed E-state index contributed by atoms with van der Waals surface area (Å²) in [5.41, 5.74) is 4.21. The Morgan fingerprint density at radius 1 is 1.20 bits per heavy atom. The van der Waals surface area contributed by atoms with E-state index in [2.05, 4.69) is 45.9 Å². The van der Waals surface area contributed by atoms with Gasteiger partial charge in [-0.25, -0.2) is 0 Å². The lowest BCUT2D eigenvalue weighted by Crippen LogP contribution is -2.09. The van der Waals surface area contributed by atoms with E-state index in [1.54, 1.807) is 0 Å². The van der Waals surface area contributed by atoms with Crippen LogP contribution in [0.5, 0.6) is 0 Å². The van der Waals surface area contributed by atoms with Gasteiger partial charge in [-0.3, -0.25) is 0 Å². The van der Waals surface area contributed by atoms with Crippen molar-refractivity contribution in [2.24, 2.45) is 5.92 Å². The van der Waals surface area contributed by atoms with Gasteiger partial charge in [0.2, 0.25) is 0 Å². The van der Waals surface area contributed by atoms with Gasteiger partial charge in [0.15, 0.2) is 0 Å². The minimum Gasteiger partial charge on any atom is -0.127 e. The lowest BCUT2D eigenvalue weighted by atomic mass is 9.83. The fourth-order valence-corrected chi connectivity index (χ4v) is 2.36. The predicted octanol–water partition coefficient (Wildman–Crippen LogP) is 4.67. The van der Waals surface area contributed by atoms with Crippen molar-refractivity contribution in [3.05, 3.63) is 34.9 Å². The lowest BCUT2D eigenvalue weighted by Gasteiger charge is -2.22. The zero-order valence-electron chi connectivity index (χ0n) is 10.2. The number of halogens is 1. The number of hydrogen-bond acceptors (Lipinski definition) is 0. The highest BCUT2D eigenvalue weighted by Gasteiger charge is 2.17. The van der Waals surface area contributed by atoms with Crippen molar-refractivity contribution < 1.29 is 0 Å². The summed E-state index contributed by atoms with van der Waals surface area (Å²) in [6, 6.07) is 6.71. The summed E-state index contributed by atoms with van der Waals surface area (Å²) >= 11 is 5.88. The first kappa shape index (κ1) is 12.6. The van der Waals surface area contributed by atoms with Gasteiger partial charge < -0.3 is 0 Å². The zero-order chi connectivity index (χ0) is 11.4. The molecule has 0 aromatic heterocycles. The molecule has 0 N–H and O–H groups in total. The molecule has 0 nitrogen and oxygen atoms in total. The standard InChI is InChI=1S/C14H21Cl/c1-10(2)13(7-8-15)14-9-11(3)5-6-12(14)4/h5-6,9-10,13H,7-8H2,1-4H3. The molecular formula is C14H21Cl. The molecule has 0 saturated carbocycles. The Balaban J connectivity index is 3.04. The van der Waals surface area contributed by atoms with E-state index in [0.717, 1.165) is 12.3 Å². The Hall–Kier alpha value is -0.490. The molecule has 1 heteroatoms. The fraction of sp³-hybridized carbons (Fsp3) is 0.571. The first-order chi connectivity index (χ1) is 7.06. The molecule has 0 bridgehead atoms. The summed E-state index contributed by atoms with van der Waals surface area (Å²) in [4.78, 5) is 0. The Kier molecular flexibility index (Phi) is 4.66. The molecule has 0 spiro atoms. The largest absolute Gasteiger partial charge is 0.127 e. The van der Waals surface area contributed by atoms with Crippen LogP contribution in [0.15, 0.2) is 18.2 Å². The van der Waals surface area contributed by atoms with Gasteiger partial charge in [0.25, 0.3) is 0 Å². The molecule has 0 fully saturated rings. The third-order valence-electron chi connectivity index (χ3n) is 3.06. The Bertz CT molecular complexity index is 315. The predicted molar refractivity (Wildman–Crippen MR) is 68.8 cm³/mol. The highest BCUT2D eigenvalue weighted by molar-refractivity contribution is 6.17. The van der Waals surface area contributed by atoms with Crippen molar-refractivity contribution in [1.82, 2.24) is 0 Å². The molecule has 1 atom stereocenters. The van der Waals surface area contributed by atoms with Crippen molar-refractivity contribution in [3.8, 4) is 0 Å². The van der Waals surface area contributed by atoms with Crippen LogP contribution in [0, 0.1) is 19.8 Å². The monoisotopic (exact) mass is 224 g/mol. The van der Waals surface area contributed by atoms with Gasteiger partial charge in [-0.1, -0.05) is 37.6 Å². The molecule has 0 heterocycles. The van der Waals surface area contributed by atoms with Crippen molar-refractivity contribution in [3.63, 3.8) is 0 Å². The number of rotatable bonds is 4. The molecular weight excluding hydrogens is 204 g/mol. The zero-order valence-corrected chi connectivity index (χ0v) is 10.9. The molecule has 15 heavy (non-hydrogen) atoms. The smallest absolute Gasteiger partial charge is 0.0229 e. The Morgan fingerprint density at radius 3 is 2.40 bits per heavy atom. The van der Waals surface area contributed by atoms with E-state index >= 15 is 0 Å². The SMILES string of the molecule is Cc1ccc(C)c(C(CCCl)C(C)C)c1. The van der Waals surface area contributed by atoms with Crippen LogP contribution in [-0.2, 0) is 0 Å². The van der Waals surface area contributed by atoms with Gasteiger partial charge in [0, 0.05) is 5.88 Å². The topological polar surface area (TPSA) is 0 Å². The van der Waals surface area contributed by atoms with Crippen LogP contribution in [0.4, 0.5) is 0 Å². The highest BCUT2D eigenvalue weighted by atomic mass is 35.5. The van der Waals surface area contributed by atoms with E-state index in [1.165, 1.54) is 16.7 Å². The minimum atomic E-state index is 0.599. The second-order valence-corrected chi connectivity index (χ2v) is 5.07. The molecule has 1 rings (SSSR count). The van der Waals surface area contributed by atoms with Crippen molar-refractivity contribution in [2.75, 3.05) is 5.88 Å². The summed E-state index contributed by atoms with van der Waals surface area (Å²) in [5, 5.41) is 0. The molecule has 1 aromatic carbocycles. The maximum absolute atomic E-state index is 5.88. The van der Waals surface area contributed by atoms with E-state index in [9.17, 15) is 0 Å². The average molecular weight is 225 g/mol. The number of alkyl halides is 1. The summed E-state index contributed by atoms with van der Waals surface area (Å²) in [5.74, 6) is 2.00. The summed E-state index contributed by atoms with van der Waals surface area (Å²) in [6.45, 7) is 8.90. The van der Waals surface area contributed by atoms with Gasteiger partial charge in [-0.15, -0.1) is 11.6 Å². The van der Waals surface area contributed by atoms with Gasteiger partial charge in [-0.2, -0.15) is 0 Å². The van der Waals surface area contributed by atoms with E-state index in [4.69, 9.17) is 11.6 Å². The Labute approximate surface area is 98.7 Å². The van der Waals surface area contributed by atoms with E-state index in [0.29, 0.717) is 11.8 Å². The van der Waals surface area contributed by atoms with Crippen molar-refractivity contribution >= 4 is 11.6 Å². The third kappa shape index (κ3) is 3.24. The molecule has 1 aromatic rings. The van der Waals surface area contributed by atoms with Crippen LogP contribution in [0.1, 0.15) is 42.9 Å². The number of benzene rings is 1.